The average molecular weight is 155 g/mol. The van der Waals surface area contributed by atoms with E-state index in [0.717, 1.165) is 19.3 Å². The zero-order valence-electron chi connectivity index (χ0n) is 6.66. The highest BCUT2D eigenvalue weighted by atomic mass is 16.3. The highest BCUT2D eigenvalue weighted by Gasteiger charge is 2.44. The molecule has 3 nitrogen and oxygen atoms in total. The minimum absolute atomic E-state index is 0.112. The van der Waals surface area contributed by atoms with Crippen molar-refractivity contribution in [3.63, 3.8) is 0 Å². The van der Waals surface area contributed by atoms with E-state index in [0.29, 0.717) is 0 Å². The summed E-state index contributed by atoms with van der Waals surface area (Å²) in [5.41, 5.74) is 0. The molecule has 11 heavy (non-hydrogen) atoms. The Hall–Kier alpha value is -0.570. The summed E-state index contributed by atoms with van der Waals surface area (Å²) < 4.78 is 0. The topological polar surface area (TPSA) is 40.5 Å². The van der Waals surface area contributed by atoms with Gasteiger partial charge in [0, 0.05) is 13.0 Å². The molecule has 0 aromatic carbocycles. The second-order valence-electron chi connectivity index (χ2n) is 3.59. The van der Waals surface area contributed by atoms with Crippen LogP contribution in [-0.4, -0.2) is 35.1 Å². The Bertz CT molecular complexity index is 193. The molecule has 1 N–H and O–H groups in total. The number of rotatable bonds is 0. The number of aliphatic hydroxyl groups excluding tert-OH is 1. The van der Waals surface area contributed by atoms with Crippen molar-refractivity contribution in [3.8, 4) is 0 Å². The summed E-state index contributed by atoms with van der Waals surface area (Å²) in [6.45, 7) is 0. The van der Waals surface area contributed by atoms with E-state index in [4.69, 9.17) is 0 Å². The van der Waals surface area contributed by atoms with Crippen LogP contribution in [0, 0.1) is 5.92 Å². The van der Waals surface area contributed by atoms with Crippen molar-refractivity contribution in [3.05, 3.63) is 0 Å². The molecule has 3 unspecified atom stereocenters. The van der Waals surface area contributed by atoms with Crippen molar-refractivity contribution >= 4 is 5.91 Å². The second kappa shape index (κ2) is 2.21. The first-order chi connectivity index (χ1) is 5.20. The van der Waals surface area contributed by atoms with E-state index >= 15 is 0 Å². The number of nitrogens with zero attached hydrogens (tertiary/aromatic N) is 1. The Morgan fingerprint density at radius 2 is 2.27 bits per heavy atom. The smallest absolute Gasteiger partial charge is 0.225 e. The molecule has 3 heteroatoms. The predicted octanol–water partition coefficient (Wildman–Crippen LogP) is -0.0120. The molecule has 0 aromatic rings. The molecule has 1 aliphatic heterocycles. The number of carbonyl (C=O) groups excluding carboxylic acids is 1. The predicted molar refractivity (Wildman–Crippen MR) is 39.9 cm³/mol. The van der Waals surface area contributed by atoms with Gasteiger partial charge in [-0.2, -0.15) is 0 Å². The van der Waals surface area contributed by atoms with Crippen LogP contribution >= 0.6 is 0 Å². The molecule has 1 saturated carbocycles. The third-order valence-corrected chi connectivity index (χ3v) is 2.98. The van der Waals surface area contributed by atoms with E-state index in [1.54, 1.807) is 11.9 Å². The maximum Gasteiger partial charge on any atom is 0.225 e. The summed E-state index contributed by atoms with van der Waals surface area (Å²) in [6, 6.07) is 0.112. The molecule has 2 fully saturated rings. The van der Waals surface area contributed by atoms with Crippen molar-refractivity contribution < 1.29 is 9.90 Å². The van der Waals surface area contributed by atoms with E-state index in [2.05, 4.69) is 0 Å². The van der Waals surface area contributed by atoms with Crippen LogP contribution < -0.4 is 0 Å². The van der Waals surface area contributed by atoms with Gasteiger partial charge in [0.2, 0.25) is 5.91 Å². The molecule has 2 rings (SSSR count). The van der Waals surface area contributed by atoms with Gasteiger partial charge in [-0.15, -0.1) is 0 Å². The standard InChI is InChI=1S/C8H13NO2/c1-9-6-4-5(8(9)11)2-3-7(6)10/h5-7,10H,2-4H2,1H3. The number of likely N-dealkylation sites (tertiary alicyclic amines) is 1. The third-order valence-electron chi connectivity index (χ3n) is 2.98. The molecule has 1 saturated heterocycles. The van der Waals surface area contributed by atoms with Crippen LogP contribution in [0.4, 0.5) is 0 Å². The molecular weight excluding hydrogens is 142 g/mol. The summed E-state index contributed by atoms with van der Waals surface area (Å²) in [4.78, 5) is 13.1. The maximum absolute atomic E-state index is 11.3. The lowest BCUT2D eigenvalue weighted by Crippen LogP contribution is -2.37. The van der Waals surface area contributed by atoms with E-state index in [9.17, 15) is 9.90 Å². The summed E-state index contributed by atoms with van der Waals surface area (Å²) in [7, 11) is 1.79. The number of likely N-dealkylation sites (N-methyl/N-ethyl adjacent to an activating group) is 1. The summed E-state index contributed by atoms with van der Waals surface area (Å²) in [6.07, 6.45) is 2.27. The third kappa shape index (κ3) is 0.872. The van der Waals surface area contributed by atoms with Crippen molar-refractivity contribution in [1.29, 1.82) is 0 Å². The van der Waals surface area contributed by atoms with Gasteiger partial charge in [-0.3, -0.25) is 4.79 Å². The van der Waals surface area contributed by atoms with Crippen LogP contribution in [0.2, 0.25) is 0 Å². The molecule has 2 bridgehead atoms. The zero-order chi connectivity index (χ0) is 8.01. The Morgan fingerprint density at radius 3 is 2.91 bits per heavy atom. The summed E-state index contributed by atoms with van der Waals surface area (Å²) in [5, 5.41) is 9.49. The quantitative estimate of drug-likeness (QED) is 0.534. The monoisotopic (exact) mass is 155 g/mol. The van der Waals surface area contributed by atoms with Crippen molar-refractivity contribution in [2.75, 3.05) is 7.05 Å². The van der Waals surface area contributed by atoms with Crippen LogP contribution in [0.1, 0.15) is 19.3 Å². The Balaban J connectivity index is 2.22. The number of hydrogen-bond donors (Lipinski definition) is 1. The summed E-state index contributed by atoms with van der Waals surface area (Å²) >= 11 is 0. The first-order valence-corrected chi connectivity index (χ1v) is 4.15. The molecule has 0 spiro atoms. The van der Waals surface area contributed by atoms with Gasteiger partial charge in [0.25, 0.3) is 0 Å². The van der Waals surface area contributed by atoms with Gasteiger partial charge in [0.15, 0.2) is 0 Å². The lowest BCUT2D eigenvalue weighted by molar-refractivity contribution is -0.130. The Labute approximate surface area is 66.0 Å². The fourth-order valence-electron chi connectivity index (χ4n) is 2.22. The van der Waals surface area contributed by atoms with Crippen LogP contribution in [0.15, 0.2) is 0 Å². The van der Waals surface area contributed by atoms with E-state index < -0.39 is 0 Å². The molecule has 2 aliphatic rings. The van der Waals surface area contributed by atoms with E-state index in [1.807, 2.05) is 0 Å². The minimum atomic E-state index is -0.275. The van der Waals surface area contributed by atoms with Crippen molar-refractivity contribution in [2.45, 2.75) is 31.4 Å². The first kappa shape index (κ1) is 7.10. The highest BCUT2D eigenvalue weighted by molar-refractivity contribution is 5.81. The number of fused-ring (bicyclic) bond motifs is 2. The van der Waals surface area contributed by atoms with Crippen molar-refractivity contribution in [1.82, 2.24) is 4.90 Å². The van der Waals surface area contributed by atoms with Crippen LogP contribution in [-0.2, 0) is 4.79 Å². The van der Waals surface area contributed by atoms with Gasteiger partial charge in [0.1, 0.15) is 0 Å². The number of carbonyl (C=O) groups is 1. The van der Waals surface area contributed by atoms with Crippen LogP contribution in [0.25, 0.3) is 0 Å². The van der Waals surface area contributed by atoms with Gasteiger partial charge in [0.05, 0.1) is 12.1 Å². The normalized spacial score (nSPS) is 43.3. The van der Waals surface area contributed by atoms with Crippen molar-refractivity contribution in [2.24, 2.45) is 5.92 Å². The lowest BCUT2D eigenvalue weighted by Gasteiger charge is -2.25. The van der Waals surface area contributed by atoms with Crippen LogP contribution in [0.5, 0.6) is 0 Å². The fraction of sp³-hybridized carbons (Fsp3) is 0.875. The van der Waals surface area contributed by atoms with Gasteiger partial charge in [-0.05, 0) is 19.3 Å². The lowest BCUT2D eigenvalue weighted by atomic mass is 9.88. The van der Waals surface area contributed by atoms with Gasteiger partial charge < -0.3 is 10.0 Å². The molecule has 0 aromatic heterocycles. The highest BCUT2D eigenvalue weighted by Crippen LogP contribution is 2.35. The number of aliphatic hydroxyl groups is 1. The molecule has 62 valence electrons. The molecule has 3 atom stereocenters. The van der Waals surface area contributed by atoms with Gasteiger partial charge >= 0.3 is 0 Å². The molecule has 1 heterocycles. The first-order valence-electron chi connectivity index (χ1n) is 4.15. The maximum atomic E-state index is 11.3. The minimum Gasteiger partial charge on any atom is -0.391 e. The average Bonchev–Trinajstić information content (AvgIpc) is 2.24. The molecular formula is C8H13NO2. The van der Waals surface area contributed by atoms with E-state index in [-0.39, 0.29) is 24.0 Å². The molecule has 0 radical (unpaired) electrons. The fourth-order valence-corrected chi connectivity index (χ4v) is 2.22. The number of amides is 1. The SMILES string of the molecule is CN1C(=O)C2CCC(O)C1C2. The Kier molecular flexibility index (Phi) is 1.42. The zero-order valence-corrected chi connectivity index (χ0v) is 6.66. The molecule has 1 amide bonds. The van der Waals surface area contributed by atoms with Gasteiger partial charge in [-0.25, -0.2) is 0 Å². The number of hydrogen-bond acceptors (Lipinski definition) is 2. The van der Waals surface area contributed by atoms with E-state index in [1.165, 1.54) is 0 Å². The second-order valence-corrected chi connectivity index (χ2v) is 3.59. The van der Waals surface area contributed by atoms with Crippen LogP contribution in [0.3, 0.4) is 0 Å². The largest absolute Gasteiger partial charge is 0.391 e. The summed E-state index contributed by atoms with van der Waals surface area (Å²) in [5.74, 6) is 0.444. The molecule has 1 aliphatic carbocycles. The van der Waals surface area contributed by atoms with Gasteiger partial charge in [-0.1, -0.05) is 0 Å². The Morgan fingerprint density at radius 1 is 1.55 bits per heavy atom.